The summed E-state index contributed by atoms with van der Waals surface area (Å²) >= 11 is 5.39. The highest BCUT2D eigenvalue weighted by molar-refractivity contribution is 14.1. The average molecular weight is 424 g/mol. The number of nitrogens with zero attached hydrogens (tertiary/aromatic N) is 1. The molecule has 0 spiro atoms. The Balaban J connectivity index is 3.04. The lowest BCUT2D eigenvalue weighted by atomic mass is 10.2. The van der Waals surface area contributed by atoms with E-state index in [2.05, 4.69) is 45.1 Å². The van der Waals surface area contributed by atoms with Gasteiger partial charge in [-0.2, -0.15) is 0 Å². The summed E-state index contributed by atoms with van der Waals surface area (Å²) in [4.78, 5) is 24.2. The van der Waals surface area contributed by atoms with E-state index in [1.54, 1.807) is 12.1 Å². The molecule has 0 aliphatic rings. The molecule has 1 aromatic rings. The highest BCUT2D eigenvalue weighted by atomic mass is 127. The van der Waals surface area contributed by atoms with E-state index in [1.165, 1.54) is 11.0 Å². The van der Waals surface area contributed by atoms with Crippen molar-refractivity contribution in [3.63, 3.8) is 0 Å². The molecule has 0 heterocycles. The topological polar surface area (TPSA) is 57.6 Å². The van der Waals surface area contributed by atoms with Crippen LogP contribution in [0, 0.1) is 3.57 Å². The molecule has 0 unspecified atom stereocenters. The highest BCUT2D eigenvalue weighted by Crippen LogP contribution is 2.21. The van der Waals surface area contributed by atoms with Crippen molar-refractivity contribution < 1.29 is 14.7 Å². The summed E-state index contributed by atoms with van der Waals surface area (Å²) in [6.45, 7) is 3.38. The normalized spacial score (nSPS) is 9.89. The Labute approximate surface area is 127 Å². The number of hydrogen-bond acceptors (Lipinski definition) is 2. The van der Waals surface area contributed by atoms with E-state index >= 15 is 0 Å². The number of benzene rings is 1. The molecule has 6 heteroatoms. The van der Waals surface area contributed by atoms with Gasteiger partial charge in [0.15, 0.2) is 0 Å². The molecule has 0 atom stereocenters. The summed E-state index contributed by atoms with van der Waals surface area (Å²) in [5.74, 6) is -1.38. The Morgan fingerprint density at radius 2 is 2.17 bits per heavy atom. The van der Waals surface area contributed by atoms with Crippen LogP contribution >= 0.6 is 38.5 Å². The summed E-state index contributed by atoms with van der Waals surface area (Å²) in [6, 6.07) is 5.34. The average Bonchev–Trinajstić information content (AvgIpc) is 2.30. The molecule has 1 amide bonds. The molecule has 1 rings (SSSR count). The molecular formula is C12H11BrINO3. The van der Waals surface area contributed by atoms with Crippen LogP contribution in [0.3, 0.4) is 0 Å². The van der Waals surface area contributed by atoms with Crippen LogP contribution in [0.5, 0.6) is 0 Å². The first-order valence-corrected chi connectivity index (χ1v) is 6.90. The molecule has 0 saturated heterocycles. The molecule has 0 aliphatic carbocycles. The Morgan fingerprint density at radius 1 is 1.50 bits per heavy atom. The number of carbonyl (C=O) groups excluding carboxylic acids is 1. The minimum absolute atomic E-state index is 0.197. The first kappa shape index (κ1) is 15.2. The molecule has 0 bridgehead atoms. The summed E-state index contributed by atoms with van der Waals surface area (Å²) < 4.78 is 1.56. The molecule has 0 saturated carbocycles. The van der Waals surface area contributed by atoms with Gasteiger partial charge in [-0.15, -0.1) is 6.58 Å². The zero-order valence-corrected chi connectivity index (χ0v) is 13.1. The minimum atomic E-state index is -1.05. The summed E-state index contributed by atoms with van der Waals surface area (Å²) in [7, 11) is 0. The molecule has 0 aromatic heterocycles. The maximum Gasteiger partial charge on any atom is 0.323 e. The fourth-order valence-corrected chi connectivity index (χ4v) is 2.28. The van der Waals surface area contributed by atoms with Gasteiger partial charge in [-0.25, -0.2) is 0 Å². The Hall–Kier alpha value is -0.890. The predicted octanol–water partition coefficient (Wildman–Crippen LogP) is 2.77. The predicted molar refractivity (Wildman–Crippen MR) is 80.6 cm³/mol. The van der Waals surface area contributed by atoms with Crippen molar-refractivity contribution in [3.8, 4) is 0 Å². The molecule has 1 N–H and O–H groups in total. The number of rotatable bonds is 5. The summed E-state index contributed by atoms with van der Waals surface area (Å²) in [6.07, 6.45) is 1.50. The van der Waals surface area contributed by atoms with E-state index in [0.29, 0.717) is 10.0 Å². The van der Waals surface area contributed by atoms with Crippen LogP contribution in [0.4, 0.5) is 0 Å². The van der Waals surface area contributed by atoms with Gasteiger partial charge in [0.25, 0.3) is 5.91 Å². The maximum atomic E-state index is 12.2. The van der Waals surface area contributed by atoms with Gasteiger partial charge in [-0.1, -0.05) is 6.08 Å². The quantitative estimate of drug-likeness (QED) is 0.585. The van der Waals surface area contributed by atoms with Crippen molar-refractivity contribution in [2.45, 2.75) is 0 Å². The molecule has 0 aliphatic heterocycles. The van der Waals surface area contributed by atoms with Crippen molar-refractivity contribution in [3.05, 3.63) is 44.5 Å². The Bertz CT molecular complexity index is 490. The van der Waals surface area contributed by atoms with E-state index < -0.39 is 5.97 Å². The molecule has 96 valence electrons. The summed E-state index contributed by atoms with van der Waals surface area (Å²) in [5, 5.41) is 8.79. The number of carbonyl (C=O) groups is 2. The SMILES string of the molecule is C=CCN(CC(=O)O)C(=O)c1cc(I)ccc1Br. The van der Waals surface area contributed by atoms with Gasteiger partial charge >= 0.3 is 5.97 Å². The second-order valence-corrected chi connectivity index (χ2v) is 5.59. The van der Waals surface area contributed by atoms with Crippen molar-refractivity contribution >= 4 is 50.4 Å². The molecular weight excluding hydrogens is 413 g/mol. The zero-order chi connectivity index (χ0) is 13.7. The number of hydrogen-bond donors (Lipinski definition) is 1. The summed E-state index contributed by atoms with van der Waals surface area (Å²) in [5.41, 5.74) is 0.449. The Morgan fingerprint density at radius 3 is 2.72 bits per heavy atom. The van der Waals surface area contributed by atoms with E-state index in [4.69, 9.17) is 5.11 Å². The molecule has 1 aromatic carbocycles. The van der Waals surface area contributed by atoms with Crippen molar-refractivity contribution in [2.75, 3.05) is 13.1 Å². The minimum Gasteiger partial charge on any atom is -0.480 e. The smallest absolute Gasteiger partial charge is 0.323 e. The second kappa shape index (κ2) is 6.89. The fourth-order valence-electron chi connectivity index (χ4n) is 1.37. The number of carboxylic acids is 1. The number of aliphatic carboxylic acids is 1. The van der Waals surface area contributed by atoms with Crippen LogP contribution in [-0.4, -0.2) is 35.0 Å². The van der Waals surface area contributed by atoms with E-state index in [0.717, 1.165) is 3.57 Å². The van der Waals surface area contributed by atoms with Crippen LogP contribution in [0.2, 0.25) is 0 Å². The molecule has 0 radical (unpaired) electrons. The second-order valence-electron chi connectivity index (χ2n) is 3.49. The molecule has 0 fully saturated rings. The van der Waals surface area contributed by atoms with E-state index in [-0.39, 0.29) is 19.0 Å². The molecule has 18 heavy (non-hydrogen) atoms. The largest absolute Gasteiger partial charge is 0.480 e. The van der Waals surface area contributed by atoms with Gasteiger partial charge in [0, 0.05) is 14.6 Å². The van der Waals surface area contributed by atoms with Crippen molar-refractivity contribution in [2.24, 2.45) is 0 Å². The van der Waals surface area contributed by atoms with Crippen molar-refractivity contribution in [1.82, 2.24) is 4.90 Å². The third kappa shape index (κ3) is 4.09. The van der Waals surface area contributed by atoms with Crippen molar-refractivity contribution in [1.29, 1.82) is 0 Å². The van der Waals surface area contributed by atoms with E-state index in [9.17, 15) is 9.59 Å². The van der Waals surface area contributed by atoms with E-state index in [1.807, 2.05) is 6.07 Å². The number of halogens is 2. The first-order valence-electron chi connectivity index (χ1n) is 5.02. The van der Waals surface area contributed by atoms with Crippen LogP contribution in [0.15, 0.2) is 35.3 Å². The number of carboxylic acid groups (broad SMARTS) is 1. The van der Waals surface area contributed by atoms with Gasteiger partial charge in [0.1, 0.15) is 6.54 Å². The lowest BCUT2D eigenvalue weighted by molar-refractivity contribution is -0.137. The standard InChI is InChI=1S/C12H11BrINO3/c1-2-5-15(7-11(16)17)12(18)9-6-8(14)3-4-10(9)13/h2-4,6H,1,5,7H2,(H,16,17). The monoisotopic (exact) mass is 423 g/mol. The highest BCUT2D eigenvalue weighted by Gasteiger charge is 2.19. The maximum absolute atomic E-state index is 12.2. The van der Waals surface area contributed by atoms with Crippen LogP contribution in [0.25, 0.3) is 0 Å². The van der Waals surface area contributed by atoms with Gasteiger partial charge in [0.05, 0.1) is 5.56 Å². The molecule has 4 nitrogen and oxygen atoms in total. The lowest BCUT2D eigenvalue weighted by Crippen LogP contribution is -2.36. The van der Waals surface area contributed by atoms with Gasteiger partial charge in [-0.3, -0.25) is 9.59 Å². The van der Waals surface area contributed by atoms with Crippen LogP contribution < -0.4 is 0 Å². The Kier molecular flexibility index (Phi) is 5.80. The van der Waals surface area contributed by atoms with Gasteiger partial charge < -0.3 is 10.0 Å². The van der Waals surface area contributed by atoms with Crippen LogP contribution in [-0.2, 0) is 4.79 Å². The number of amides is 1. The van der Waals surface area contributed by atoms with Gasteiger partial charge in [0.2, 0.25) is 0 Å². The third-order valence-corrected chi connectivity index (χ3v) is 3.48. The first-order chi connectivity index (χ1) is 8.45. The van der Waals surface area contributed by atoms with Gasteiger partial charge in [-0.05, 0) is 56.7 Å². The lowest BCUT2D eigenvalue weighted by Gasteiger charge is -2.19. The fraction of sp³-hybridized carbons (Fsp3) is 0.167. The van der Waals surface area contributed by atoms with Crippen LogP contribution in [0.1, 0.15) is 10.4 Å². The third-order valence-electron chi connectivity index (χ3n) is 2.12. The zero-order valence-electron chi connectivity index (χ0n) is 9.40.